The lowest BCUT2D eigenvalue weighted by Crippen LogP contribution is -2.35. The van der Waals surface area contributed by atoms with Gasteiger partial charge in [-0.2, -0.15) is 15.0 Å². The SMILES string of the molecule is COc1ccc(C2c3c(C)nn(C(=O)c4ccc(Cl)cc4Cl)c3NC(=O)C2C#N)cc1. The van der Waals surface area contributed by atoms with E-state index in [-0.39, 0.29) is 16.4 Å². The first kappa shape index (κ1) is 20.9. The number of amides is 1. The molecule has 7 nitrogen and oxygen atoms in total. The predicted molar refractivity (Wildman–Crippen MR) is 116 cm³/mol. The molecule has 3 aromatic rings. The lowest BCUT2D eigenvalue weighted by Gasteiger charge is -2.28. The Morgan fingerprint density at radius 3 is 2.55 bits per heavy atom. The van der Waals surface area contributed by atoms with E-state index in [1.54, 1.807) is 44.4 Å². The summed E-state index contributed by atoms with van der Waals surface area (Å²) in [6.45, 7) is 1.73. The molecule has 0 bridgehead atoms. The van der Waals surface area contributed by atoms with Crippen molar-refractivity contribution in [3.8, 4) is 11.8 Å². The van der Waals surface area contributed by atoms with E-state index in [2.05, 4.69) is 16.5 Å². The van der Waals surface area contributed by atoms with E-state index in [1.807, 2.05) is 0 Å². The summed E-state index contributed by atoms with van der Waals surface area (Å²) >= 11 is 12.1. The number of carbonyl (C=O) groups excluding carboxylic acids is 2. The fourth-order valence-electron chi connectivity index (χ4n) is 3.77. The number of hydrogen-bond donors (Lipinski definition) is 1. The number of benzene rings is 2. The molecule has 0 saturated carbocycles. The smallest absolute Gasteiger partial charge is 0.281 e. The third kappa shape index (κ3) is 3.54. The monoisotopic (exact) mass is 454 g/mol. The second-order valence-corrected chi connectivity index (χ2v) is 7.88. The van der Waals surface area contributed by atoms with E-state index in [4.69, 9.17) is 27.9 Å². The first-order valence-electron chi connectivity index (χ1n) is 9.29. The fraction of sp³-hybridized carbons (Fsp3) is 0.182. The third-order valence-corrected chi connectivity index (χ3v) is 5.79. The first-order chi connectivity index (χ1) is 14.8. The molecule has 2 unspecified atom stereocenters. The van der Waals surface area contributed by atoms with Crippen molar-refractivity contribution in [3.05, 3.63) is 74.9 Å². The number of nitrogens with one attached hydrogen (secondary N) is 1. The Labute approximate surface area is 188 Å². The second-order valence-electron chi connectivity index (χ2n) is 7.04. The third-order valence-electron chi connectivity index (χ3n) is 5.24. The minimum absolute atomic E-state index is 0.170. The van der Waals surface area contributed by atoms with Crippen LogP contribution in [-0.2, 0) is 4.79 Å². The Hall–Kier alpha value is -3.34. The van der Waals surface area contributed by atoms with Gasteiger partial charge in [0, 0.05) is 16.5 Å². The molecule has 31 heavy (non-hydrogen) atoms. The maximum atomic E-state index is 13.2. The average molecular weight is 455 g/mol. The van der Waals surface area contributed by atoms with Crippen molar-refractivity contribution in [1.29, 1.82) is 5.26 Å². The Morgan fingerprint density at radius 1 is 1.23 bits per heavy atom. The van der Waals surface area contributed by atoms with Crippen LogP contribution in [0.15, 0.2) is 42.5 Å². The van der Waals surface area contributed by atoms with Crippen molar-refractivity contribution >= 4 is 40.8 Å². The zero-order chi connectivity index (χ0) is 22.3. The van der Waals surface area contributed by atoms with Crippen LogP contribution in [0.4, 0.5) is 5.82 Å². The highest BCUT2D eigenvalue weighted by molar-refractivity contribution is 6.36. The van der Waals surface area contributed by atoms with Crippen molar-refractivity contribution < 1.29 is 14.3 Å². The first-order valence-corrected chi connectivity index (χ1v) is 10.0. The van der Waals surface area contributed by atoms with E-state index >= 15 is 0 Å². The van der Waals surface area contributed by atoms with Gasteiger partial charge in [-0.25, -0.2) is 0 Å². The number of fused-ring (bicyclic) bond motifs is 1. The summed E-state index contributed by atoms with van der Waals surface area (Å²) in [6, 6.07) is 13.7. The minimum Gasteiger partial charge on any atom is -0.497 e. The summed E-state index contributed by atoms with van der Waals surface area (Å²) in [5, 5.41) is 17.3. The molecule has 0 saturated heterocycles. The predicted octanol–water partition coefficient (Wildman–Crippen LogP) is 4.42. The van der Waals surface area contributed by atoms with Crippen molar-refractivity contribution in [2.24, 2.45) is 5.92 Å². The zero-order valence-corrected chi connectivity index (χ0v) is 18.0. The van der Waals surface area contributed by atoms with Gasteiger partial charge in [0.1, 0.15) is 17.5 Å². The second kappa shape index (κ2) is 8.06. The van der Waals surface area contributed by atoms with Gasteiger partial charge in [0.05, 0.1) is 29.5 Å². The Kier molecular flexibility index (Phi) is 5.44. The van der Waals surface area contributed by atoms with Crippen LogP contribution in [0.2, 0.25) is 10.0 Å². The molecule has 9 heteroatoms. The number of carbonyl (C=O) groups is 2. The van der Waals surface area contributed by atoms with Gasteiger partial charge in [0.15, 0.2) is 0 Å². The molecular weight excluding hydrogens is 439 g/mol. The van der Waals surface area contributed by atoms with Crippen LogP contribution in [0.5, 0.6) is 5.75 Å². The number of methoxy groups -OCH3 is 1. The van der Waals surface area contributed by atoms with E-state index in [0.29, 0.717) is 22.0 Å². The van der Waals surface area contributed by atoms with Gasteiger partial charge in [-0.1, -0.05) is 35.3 Å². The van der Waals surface area contributed by atoms with Crippen LogP contribution in [0.3, 0.4) is 0 Å². The maximum Gasteiger partial charge on any atom is 0.281 e. The van der Waals surface area contributed by atoms with Crippen LogP contribution < -0.4 is 10.1 Å². The number of anilines is 1. The molecule has 1 aliphatic rings. The minimum atomic E-state index is -0.980. The number of nitrogens with zero attached hydrogens (tertiary/aromatic N) is 3. The fourth-order valence-corrected chi connectivity index (χ4v) is 4.26. The number of aryl methyl sites for hydroxylation is 1. The van der Waals surface area contributed by atoms with Crippen molar-refractivity contribution in [1.82, 2.24) is 9.78 Å². The molecule has 0 radical (unpaired) electrons. The number of hydrogen-bond acceptors (Lipinski definition) is 5. The molecule has 1 N–H and O–H groups in total. The van der Waals surface area contributed by atoms with Gasteiger partial charge in [0.25, 0.3) is 5.91 Å². The molecule has 2 atom stereocenters. The average Bonchev–Trinajstić information content (AvgIpc) is 3.08. The van der Waals surface area contributed by atoms with Gasteiger partial charge in [-0.3, -0.25) is 9.59 Å². The topological polar surface area (TPSA) is 97.0 Å². The van der Waals surface area contributed by atoms with Gasteiger partial charge < -0.3 is 10.1 Å². The van der Waals surface area contributed by atoms with Gasteiger partial charge in [-0.15, -0.1) is 0 Å². The number of ether oxygens (including phenoxy) is 1. The summed E-state index contributed by atoms with van der Waals surface area (Å²) < 4.78 is 6.31. The van der Waals surface area contributed by atoms with E-state index < -0.39 is 23.7 Å². The van der Waals surface area contributed by atoms with Crippen molar-refractivity contribution in [2.75, 3.05) is 12.4 Å². The highest BCUT2D eigenvalue weighted by atomic mass is 35.5. The molecule has 1 amide bonds. The van der Waals surface area contributed by atoms with Gasteiger partial charge >= 0.3 is 0 Å². The Bertz CT molecular complexity index is 1240. The lowest BCUT2D eigenvalue weighted by molar-refractivity contribution is -0.119. The zero-order valence-electron chi connectivity index (χ0n) is 16.5. The van der Waals surface area contributed by atoms with Gasteiger partial charge in [-0.05, 0) is 42.8 Å². The summed E-state index contributed by atoms with van der Waals surface area (Å²) in [5.41, 5.74) is 2.06. The number of rotatable bonds is 3. The quantitative estimate of drug-likeness (QED) is 0.631. The molecule has 2 aromatic carbocycles. The van der Waals surface area contributed by atoms with E-state index in [1.165, 1.54) is 12.1 Å². The molecule has 0 aliphatic carbocycles. The van der Waals surface area contributed by atoms with E-state index in [9.17, 15) is 14.9 Å². The Morgan fingerprint density at radius 2 is 1.94 bits per heavy atom. The lowest BCUT2D eigenvalue weighted by atomic mass is 9.78. The summed E-state index contributed by atoms with van der Waals surface area (Å²) in [5.74, 6) is -1.72. The summed E-state index contributed by atoms with van der Waals surface area (Å²) in [4.78, 5) is 26.0. The highest BCUT2D eigenvalue weighted by Gasteiger charge is 2.41. The largest absolute Gasteiger partial charge is 0.497 e. The van der Waals surface area contributed by atoms with Crippen LogP contribution in [0, 0.1) is 24.2 Å². The molecule has 0 spiro atoms. The number of halogens is 2. The highest BCUT2D eigenvalue weighted by Crippen LogP contribution is 2.43. The standard InChI is InChI=1S/C22H16Cl2N4O3/c1-11-18-19(12-3-6-14(31-2)7-4-12)16(10-25)21(29)26-20(18)28(27-11)22(30)15-8-5-13(23)9-17(15)24/h3-9,16,19H,1-2H3,(H,26,29). The molecule has 1 aliphatic heterocycles. The molecule has 156 valence electrons. The van der Waals surface area contributed by atoms with Crippen molar-refractivity contribution in [3.63, 3.8) is 0 Å². The summed E-state index contributed by atoms with van der Waals surface area (Å²) in [6.07, 6.45) is 0. The van der Waals surface area contributed by atoms with Gasteiger partial charge in [0.2, 0.25) is 5.91 Å². The molecular formula is C22H16Cl2N4O3. The summed E-state index contributed by atoms with van der Waals surface area (Å²) in [7, 11) is 1.56. The van der Waals surface area contributed by atoms with Crippen molar-refractivity contribution in [2.45, 2.75) is 12.8 Å². The Balaban J connectivity index is 1.87. The van der Waals surface area contributed by atoms with E-state index in [0.717, 1.165) is 10.2 Å². The molecule has 2 heterocycles. The van der Waals surface area contributed by atoms with Crippen LogP contribution in [0.25, 0.3) is 0 Å². The normalized spacial score (nSPS) is 17.5. The van der Waals surface area contributed by atoms with Crippen LogP contribution in [-0.4, -0.2) is 28.7 Å². The molecule has 0 fully saturated rings. The molecule has 1 aromatic heterocycles. The molecule has 4 rings (SSSR count). The van der Waals surface area contributed by atoms with Crippen LogP contribution >= 0.6 is 23.2 Å². The maximum absolute atomic E-state index is 13.2. The number of aromatic nitrogens is 2. The number of nitriles is 1. The van der Waals surface area contributed by atoms with Crippen LogP contribution in [0.1, 0.15) is 33.1 Å².